The predicted molar refractivity (Wildman–Crippen MR) is 89.9 cm³/mol. The molecule has 136 valence electrons. The second-order valence-electron chi connectivity index (χ2n) is 6.03. The molecule has 3 rings (SSSR count). The maximum absolute atomic E-state index is 13.1. The minimum Gasteiger partial charge on any atom is -0.352 e. The van der Waals surface area contributed by atoms with Gasteiger partial charge in [-0.2, -0.15) is 5.10 Å². The van der Waals surface area contributed by atoms with E-state index in [1.807, 2.05) is 13.8 Å². The van der Waals surface area contributed by atoms with Crippen molar-refractivity contribution in [1.82, 2.24) is 25.7 Å². The lowest BCUT2D eigenvalue weighted by atomic mass is 10.1. The summed E-state index contributed by atoms with van der Waals surface area (Å²) in [5.74, 6) is -1.20. The van der Waals surface area contributed by atoms with Crippen LogP contribution in [0.5, 0.6) is 0 Å². The number of hydrogen-bond donors (Lipinski definition) is 3. The van der Waals surface area contributed by atoms with Crippen LogP contribution in [0.15, 0.2) is 24.3 Å². The molecule has 1 aliphatic rings. The summed E-state index contributed by atoms with van der Waals surface area (Å²) in [5.41, 5.74) is 3.11. The third-order valence-corrected chi connectivity index (χ3v) is 4.22. The molecule has 1 saturated heterocycles. The standard InChI is InChI=1S/C17H18FN5O3/c1-9-13(8-19-15(24)7-14-16(25)21-17(26)20-14)10(2)23(22-9)12-5-3-11(18)4-6-12/h3-6,14H,7-8H2,1-2H3,(H,19,24)(H2,20,21,25,26). The molecule has 0 bridgehead atoms. The number of benzene rings is 1. The fraction of sp³-hybridized carbons (Fsp3) is 0.294. The first-order chi connectivity index (χ1) is 12.3. The van der Waals surface area contributed by atoms with E-state index in [0.717, 1.165) is 22.6 Å². The molecule has 2 aromatic rings. The van der Waals surface area contributed by atoms with E-state index in [-0.39, 0.29) is 24.7 Å². The average molecular weight is 359 g/mol. The highest BCUT2D eigenvalue weighted by molar-refractivity contribution is 6.05. The van der Waals surface area contributed by atoms with Crippen molar-refractivity contribution in [2.45, 2.75) is 32.9 Å². The summed E-state index contributed by atoms with van der Waals surface area (Å²) in [5, 5.41) is 11.6. The Morgan fingerprint density at radius 1 is 1.27 bits per heavy atom. The Balaban J connectivity index is 1.67. The van der Waals surface area contributed by atoms with Crippen molar-refractivity contribution < 1.29 is 18.8 Å². The van der Waals surface area contributed by atoms with Gasteiger partial charge in [-0.3, -0.25) is 14.9 Å². The molecule has 26 heavy (non-hydrogen) atoms. The van der Waals surface area contributed by atoms with E-state index in [1.165, 1.54) is 12.1 Å². The normalized spacial score (nSPS) is 16.3. The van der Waals surface area contributed by atoms with Crippen LogP contribution in [0.1, 0.15) is 23.4 Å². The molecular formula is C17H18FN5O3. The highest BCUT2D eigenvalue weighted by Gasteiger charge is 2.31. The third-order valence-electron chi connectivity index (χ3n) is 4.22. The van der Waals surface area contributed by atoms with Crippen LogP contribution < -0.4 is 16.0 Å². The lowest BCUT2D eigenvalue weighted by Crippen LogP contribution is -2.36. The lowest BCUT2D eigenvalue weighted by molar-refractivity contribution is -0.126. The Hall–Kier alpha value is -3.23. The van der Waals surface area contributed by atoms with E-state index in [4.69, 9.17) is 0 Å². The van der Waals surface area contributed by atoms with Gasteiger partial charge in [-0.25, -0.2) is 13.9 Å². The van der Waals surface area contributed by atoms with Gasteiger partial charge in [0.1, 0.15) is 11.9 Å². The molecule has 4 amide bonds. The molecule has 1 aromatic carbocycles. The molecule has 1 fully saturated rings. The smallest absolute Gasteiger partial charge is 0.322 e. The summed E-state index contributed by atoms with van der Waals surface area (Å²) >= 11 is 0. The maximum Gasteiger partial charge on any atom is 0.322 e. The summed E-state index contributed by atoms with van der Waals surface area (Å²) in [6, 6.07) is 4.51. The summed E-state index contributed by atoms with van der Waals surface area (Å²) in [6.45, 7) is 3.91. The Morgan fingerprint density at radius 3 is 2.58 bits per heavy atom. The van der Waals surface area contributed by atoms with E-state index in [9.17, 15) is 18.8 Å². The molecule has 1 atom stereocenters. The first kappa shape index (κ1) is 17.6. The first-order valence-corrected chi connectivity index (χ1v) is 8.04. The minimum absolute atomic E-state index is 0.137. The molecule has 3 N–H and O–H groups in total. The second-order valence-corrected chi connectivity index (χ2v) is 6.03. The molecule has 1 aliphatic heterocycles. The van der Waals surface area contributed by atoms with Crippen LogP contribution in [0.25, 0.3) is 5.69 Å². The SMILES string of the molecule is Cc1nn(-c2ccc(F)cc2)c(C)c1CNC(=O)CC1NC(=O)NC1=O. The number of rotatable bonds is 5. The zero-order valence-corrected chi connectivity index (χ0v) is 14.3. The van der Waals surface area contributed by atoms with Gasteiger partial charge >= 0.3 is 6.03 Å². The van der Waals surface area contributed by atoms with Crippen LogP contribution in [-0.4, -0.2) is 33.7 Å². The molecule has 0 radical (unpaired) electrons. The van der Waals surface area contributed by atoms with Gasteiger partial charge < -0.3 is 10.6 Å². The fourth-order valence-corrected chi connectivity index (χ4v) is 2.81. The van der Waals surface area contributed by atoms with Crippen molar-refractivity contribution in [3.05, 3.63) is 47.0 Å². The molecule has 1 unspecified atom stereocenters. The molecular weight excluding hydrogens is 341 g/mol. The van der Waals surface area contributed by atoms with Gasteiger partial charge in [0.05, 0.1) is 17.8 Å². The molecule has 2 heterocycles. The van der Waals surface area contributed by atoms with Gasteiger partial charge in [-0.1, -0.05) is 0 Å². The average Bonchev–Trinajstić information content (AvgIpc) is 3.05. The fourth-order valence-electron chi connectivity index (χ4n) is 2.81. The van der Waals surface area contributed by atoms with Crippen LogP contribution in [-0.2, 0) is 16.1 Å². The number of carbonyl (C=O) groups excluding carboxylic acids is 3. The Kier molecular flexibility index (Phi) is 4.70. The van der Waals surface area contributed by atoms with E-state index >= 15 is 0 Å². The van der Waals surface area contributed by atoms with E-state index in [1.54, 1.807) is 16.8 Å². The molecule has 0 spiro atoms. The number of imide groups is 1. The van der Waals surface area contributed by atoms with Crippen molar-refractivity contribution in [3.8, 4) is 5.69 Å². The lowest BCUT2D eigenvalue weighted by Gasteiger charge is -2.09. The summed E-state index contributed by atoms with van der Waals surface area (Å²) in [4.78, 5) is 34.6. The third kappa shape index (κ3) is 3.56. The van der Waals surface area contributed by atoms with E-state index in [2.05, 4.69) is 21.0 Å². The van der Waals surface area contributed by atoms with Crippen molar-refractivity contribution >= 4 is 17.8 Å². The highest BCUT2D eigenvalue weighted by Crippen LogP contribution is 2.18. The molecule has 8 nitrogen and oxygen atoms in total. The highest BCUT2D eigenvalue weighted by atomic mass is 19.1. The number of hydrogen-bond acceptors (Lipinski definition) is 4. The van der Waals surface area contributed by atoms with Gasteiger partial charge in [0, 0.05) is 17.8 Å². The number of urea groups is 1. The Labute approximate surface area is 148 Å². The molecule has 0 saturated carbocycles. The van der Waals surface area contributed by atoms with Gasteiger partial charge in [0.2, 0.25) is 5.91 Å². The zero-order chi connectivity index (χ0) is 18.8. The van der Waals surface area contributed by atoms with Gasteiger partial charge in [0.15, 0.2) is 0 Å². The van der Waals surface area contributed by atoms with Crippen molar-refractivity contribution in [3.63, 3.8) is 0 Å². The number of halogens is 1. The molecule has 0 aliphatic carbocycles. The van der Waals surface area contributed by atoms with E-state index in [0.29, 0.717) is 0 Å². The molecule has 9 heteroatoms. The van der Waals surface area contributed by atoms with Crippen LogP contribution in [0.2, 0.25) is 0 Å². The summed E-state index contributed by atoms with van der Waals surface area (Å²) in [7, 11) is 0. The van der Waals surface area contributed by atoms with Crippen LogP contribution in [0.3, 0.4) is 0 Å². The zero-order valence-electron chi connectivity index (χ0n) is 14.3. The predicted octanol–water partition coefficient (Wildman–Crippen LogP) is 0.843. The Bertz CT molecular complexity index is 875. The second kappa shape index (κ2) is 6.95. The van der Waals surface area contributed by atoms with Crippen molar-refractivity contribution in [1.29, 1.82) is 0 Å². The number of carbonyl (C=O) groups is 3. The van der Waals surface area contributed by atoms with Gasteiger partial charge in [0.25, 0.3) is 5.91 Å². The summed E-state index contributed by atoms with van der Waals surface area (Å²) in [6.07, 6.45) is -0.137. The minimum atomic E-state index is -0.855. The topological polar surface area (TPSA) is 105 Å². The van der Waals surface area contributed by atoms with Crippen LogP contribution >= 0.6 is 0 Å². The van der Waals surface area contributed by atoms with Gasteiger partial charge in [-0.15, -0.1) is 0 Å². The quantitative estimate of drug-likeness (QED) is 0.688. The summed E-state index contributed by atoms with van der Waals surface area (Å²) < 4.78 is 14.8. The largest absolute Gasteiger partial charge is 0.352 e. The number of amides is 4. The Morgan fingerprint density at radius 2 is 1.96 bits per heavy atom. The van der Waals surface area contributed by atoms with Crippen molar-refractivity contribution in [2.24, 2.45) is 0 Å². The number of aryl methyl sites for hydroxylation is 1. The van der Waals surface area contributed by atoms with Gasteiger partial charge in [-0.05, 0) is 38.1 Å². The maximum atomic E-state index is 13.1. The number of nitrogens with one attached hydrogen (secondary N) is 3. The molecule has 1 aromatic heterocycles. The van der Waals surface area contributed by atoms with Crippen molar-refractivity contribution in [2.75, 3.05) is 0 Å². The van der Waals surface area contributed by atoms with Crippen LogP contribution in [0, 0.1) is 19.7 Å². The monoisotopic (exact) mass is 359 g/mol. The first-order valence-electron chi connectivity index (χ1n) is 8.04. The van der Waals surface area contributed by atoms with Crippen LogP contribution in [0.4, 0.5) is 9.18 Å². The van der Waals surface area contributed by atoms with E-state index < -0.39 is 18.0 Å². The number of nitrogens with zero attached hydrogens (tertiary/aromatic N) is 2. The number of aromatic nitrogens is 2.